The van der Waals surface area contributed by atoms with Crippen LogP contribution in [0.15, 0.2) is 121 Å². The van der Waals surface area contributed by atoms with Crippen LogP contribution in [0.3, 0.4) is 0 Å². The molecule has 0 amide bonds. The Morgan fingerprint density at radius 2 is 0.756 bits per heavy atom. The minimum absolute atomic E-state index is 0. The first-order valence-corrected chi connectivity index (χ1v) is 12.9. The molecule has 0 unspecified atom stereocenters. The molecule has 7 aromatic rings. The summed E-state index contributed by atoms with van der Waals surface area (Å²) < 4.78 is 0. The molecule has 6 nitrogen and oxygen atoms in total. The van der Waals surface area contributed by atoms with Gasteiger partial charge < -0.3 is 10.2 Å². The van der Waals surface area contributed by atoms with Crippen LogP contribution in [0.1, 0.15) is 0 Å². The molecule has 0 fully saturated rings. The van der Waals surface area contributed by atoms with Crippen LogP contribution in [0, 0.1) is 0 Å². The minimum atomic E-state index is 0. The number of phenolic OH excluding ortho intramolecular Hbond substituents is 2. The van der Waals surface area contributed by atoms with Gasteiger partial charge >= 0.3 is 0 Å². The van der Waals surface area contributed by atoms with E-state index >= 15 is 0 Å². The van der Waals surface area contributed by atoms with E-state index in [4.69, 9.17) is 19.9 Å². The van der Waals surface area contributed by atoms with Crippen molar-refractivity contribution < 1.29 is 31.3 Å². The van der Waals surface area contributed by atoms with Crippen molar-refractivity contribution in [2.75, 3.05) is 0 Å². The van der Waals surface area contributed by atoms with Crippen LogP contribution >= 0.6 is 0 Å². The Bertz CT molecular complexity index is 1890. The molecule has 2 aromatic heterocycles. The van der Waals surface area contributed by atoms with Crippen molar-refractivity contribution in [2.45, 2.75) is 0 Å². The van der Waals surface area contributed by atoms with Gasteiger partial charge in [0, 0.05) is 43.0 Å². The summed E-state index contributed by atoms with van der Waals surface area (Å²) >= 11 is 0. The smallest absolute Gasteiger partial charge is 0.164 e. The van der Waals surface area contributed by atoms with Gasteiger partial charge in [0.25, 0.3) is 0 Å². The Morgan fingerprint density at radius 3 is 1.15 bits per heavy atom. The van der Waals surface area contributed by atoms with E-state index < -0.39 is 0 Å². The average Bonchev–Trinajstić information content (AvgIpc) is 3.01. The van der Waals surface area contributed by atoms with E-state index in [2.05, 4.69) is 0 Å². The fourth-order valence-electron chi connectivity index (χ4n) is 4.98. The summed E-state index contributed by atoms with van der Waals surface area (Å²) in [6, 6.07) is 37.9. The second-order valence-corrected chi connectivity index (χ2v) is 9.42. The first kappa shape index (κ1) is 26.3. The van der Waals surface area contributed by atoms with Gasteiger partial charge in [-0.1, -0.05) is 84.9 Å². The number of para-hydroxylation sites is 2. The number of benzene rings is 5. The van der Waals surface area contributed by atoms with Crippen molar-refractivity contribution in [3.8, 4) is 56.8 Å². The molecule has 2 heterocycles. The molecule has 0 atom stereocenters. The fourth-order valence-corrected chi connectivity index (χ4v) is 4.98. The standard InChI is InChI=1S/C34H22N4O2.Pt/c39-27-17-9-7-15-23(27)33-35-29(21-11-3-1-4-12-21)25-19-20-26-30(22-13-5-2-6-14-22)36-34(38-32(26)31(25)37-33)24-16-8-10-18-28(24)40;/h1-20,39-40H;. The maximum Gasteiger partial charge on any atom is 0.164 e. The zero-order valence-corrected chi connectivity index (χ0v) is 23.8. The van der Waals surface area contributed by atoms with Gasteiger partial charge in [-0.2, -0.15) is 0 Å². The number of phenols is 2. The van der Waals surface area contributed by atoms with Crippen molar-refractivity contribution in [1.29, 1.82) is 0 Å². The summed E-state index contributed by atoms with van der Waals surface area (Å²) in [7, 11) is 0. The molecule has 41 heavy (non-hydrogen) atoms. The van der Waals surface area contributed by atoms with E-state index in [1.807, 2.05) is 84.9 Å². The van der Waals surface area contributed by atoms with Crippen LogP contribution in [0.4, 0.5) is 0 Å². The summed E-state index contributed by atoms with van der Waals surface area (Å²) in [4.78, 5) is 19.8. The molecule has 0 saturated heterocycles. The molecule has 2 N–H and O–H groups in total. The molecule has 0 bridgehead atoms. The Morgan fingerprint density at radius 1 is 0.390 bits per heavy atom. The Kier molecular flexibility index (Phi) is 7.00. The summed E-state index contributed by atoms with van der Waals surface area (Å²) in [6.45, 7) is 0. The predicted molar refractivity (Wildman–Crippen MR) is 158 cm³/mol. The van der Waals surface area contributed by atoms with Gasteiger partial charge in [-0.25, -0.2) is 19.9 Å². The van der Waals surface area contributed by atoms with Crippen molar-refractivity contribution >= 4 is 21.8 Å². The third-order valence-electron chi connectivity index (χ3n) is 6.92. The number of aromatic hydroxyl groups is 2. The Labute approximate surface area is 250 Å². The molecule has 7 rings (SSSR count). The van der Waals surface area contributed by atoms with E-state index in [1.54, 1.807) is 36.4 Å². The van der Waals surface area contributed by atoms with Gasteiger partial charge in [-0.05, 0) is 36.4 Å². The van der Waals surface area contributed by atoms with Gasteiger partial charge in [0.1, 0.15) is 22.5 Å². The summed E-state index contributed by atoms with van der Waals surface area (Å²) in [6.07, 6.45) is 0. The number of hydrogen-bond acceptors (Lipinski definition) is 6. The molecular formula is C34H22N4O2Pt. The maximum atomic E-state index is 10.7. The third-order valence-corrected chi connectivity index (χ3v) is 6.92. The van der Waals surface area contributed by atoms with E-state index in [1.165, 1.54) is 0 Å². The van der Waals surface area contributed by atoms with Crippen molar-refractivity contribution in [3.05, 3.63) is 121 Å². The number of rotatable bonds is 4. The van der Waals surface area contributed by atoms with Crippen molar-refractivity contribution in [2.24, 2.45) is 0 Å². The first-order chi connectivity index (χ1) is 19.7. The second-order valence-electron chi connectivity index (χ2n) is 9.42. The monoisotopic (exact) mass is 713 g/mol. The topological polar surface area (TPSA) is 92.0 Å². The van der Waals surface area contributed by atoms with Gasteiger partial charge in [-0.15, -0.1) is 0 Å². The van der Waals surface area contributed by atoms with Crippen molar-refractivity contribution in [1.82, 2.24) is 19.9 Å². The largest absolute Gasteiger partial charge is 0.507 e. The molecule has 7 heteroatoms. The Hall–Kier alpha value is -4.93. The van der Waals surface area contributed by atoms with Gasteiger partial charge in [0.2, 0.25) is 0 Å². The second kappa shape index (κ2) is 10.9. The molecule has 0 saturated carbocycles. The molecule has 0 spiro atoms. The zero-order valence-electron chi connectivity index (χ0n) is 21.5. The third kappa shape index (κ3) is 4.73. The number of fused-ring (bicyclic) bond motifs is 3. The summed E-state index contributed by atoms with van der Waals surface area (Å²) in [5, 5.41) is 23.0. The van der Waals surface area contributed by atoms with Gasteiger partial charge in [0.05, 0.1) is 22.5 Å². The molecule has 0 aliphatic rings. The van der Waals surface area contributed by atoms with Crippen molar-refractivity contribution in [3.63, 3.8) is 0 Å². The summed E-state index contributed by atoms with van der Waals surface area (Å²) in [5.41, 5.74) is 5.60. The van der Waals surface area contributed by atoms with Gasteiger partial charge in [0.15, 0.2) is 11.6 Å². The quantitative estimate of drug-likeness (QED) is 0.182. The molecule has 200 valence electrons. The van der Waals surface area contributed by atoms with Crippen LogP contribution in [0.25, 0.3) is 67.1 Å². The molecule has 0 aliphatic heterocycles. The van der Waals surface area contributed by atoms with Crippen LogP contribution < -0.4 is 0 Å². The van der Waals surface area contributed by atoms with Crippen LogP contribution in [-0.4, -0.2) is 30.1 Å². The molecule has 0 radical (unpaired) electrons. The summed E-state index contributed by atoms with van der Waals surface area (Å²) in [5.74, 6) is 0.966. The molecule has 0 aliphatic carbocycles. The maximum absolute atomic E-state index is 10.7. The number of aromatic nitrogens is 4. The fraction of sp³-hybridized carbons (Fsp3) is 0. The average molecular weight is 714 g/mol. The van der Waals surface area contributed by atoms with Crippen LogP contribution in [0.5, 0.6) is 11.5 Å². The number of nitrogens with zero attached hydrogens (tertiary/aromatic N) is 4. The molecule has 5 aromatic carbocycles. The first-order valence-electron chi connectivity index (χ1n) is 12.9. The minimum Gasteiger partial charge on any atom is -0.507 e. The van der Waals surface area contributed by atoms with Gasteiger partial charge in [-0.3, -0.25) is 0 Å². The molecular weight excluding hydrogens is 691 g/mol. The van der Waals surface area contributed by atoms with E-state index in [9.17, 15) is 10.2 Å². The van der Waals surface area contributed by atoms with Crippen LogP contribution in [-0.2, 0) is 21.1 Å². The predicted octanol–water partition coefficient (Wildman–Crippen LogP) is 7.65. The Balaban J connectivity index is 0.00000302. The zero-order chi connectivity index (χ0) is 27.1. The SMILES string of the molecule is Oc1ccccc1-c1nc(-c2ccccc2)c2ccc3c(-c4ccccc4)nc(-c4ccccc4O)nc3c2n1.[Pt]. The number of hydrogen-bond donors (Lipinski definition) is 2. The van der Waals surface area contributed by atoms with Crippen LogP contribution in [0.2, 0.25) is 0 Å². The van der Waals surface area contributed by atoms with E-state index in [0.29, 0.717) is 33.8 Å². The van der Waals surface area contributed by atoms with E-state index in [-0.39, 0.29) is 32.6 Å². The normalized spacial score (nSPS) is 10.9. The van der Waals surface area contributed by atoms with E-state index in [0.717, 1.165) is 33.3 Å².